The van der Waals surface area contributed by atoms with Crippen LogP contribution in [-0.2, 0) is 0 Å². The number of rotatable bonds is 9. The molecule has 0 aliphatic carbocycles. The van der Waals surface area contributed by atoms with Gasteiger partial charge in [-0.25, -0.2) is 0 Å². The van der Waals surface area contributed by atoms with Crippen LogP contribution >= 0.6 is 24.0 Å². The molecule has 28 heavy (non-hydrogen) atoms. The number of benzene rings is 2. The molecule has 0 bridgehead atoms. The third-order valence-corrected chi connectivity index (χ3v) is 3.94. The van der Waals surface area contributed by atoms with Crippen molar-refractivity contribution >= 4 is 35.8 Å². The molecule has 1 atom stereocenters. The highest BCUT2D eigenvalue weighted by atomic mass is 127. The van der Waals surface area contributed by atoms with Gasteiger partial charge in [0.1, 0.15) is 0 Å². The van der Waals surface area contributed by atoms with E-state index in [-0.39, 0.29) is 29.9 Å². The second kappa shape index (κ2) is 14.0. The zero-order chi connectivity index (χ0) is 19.3. The minimum Gasteiger partial charge on any atom is -0.388 e. The Kier molecular flexibility index (Phi) is 11.9. The van der Waals surface area contributed by atoms with E-state index in [4.69, 9.17) is 0 Å². The van der Waals surface area contributed by atoms with Gasteiger partial charge in [0.05, 0.1) is 6.10 Å². The maximum Gasteiger partial charge on any atom is 0.251 e. The summed E-state index contributed by atoms with van der Waals surface area (Å²) in [5.74, 6) is 0.581. The Labute approximate surface area is 183 Å². The number of amides is 1. The van der Waals surface area contributed by atoms with Crippen molar-refractivity contribution in [1.29, 1.82) is 0 Å². The molecule has 0 aromatic heterocycles. The first-order valence-electron chi connectivity index (χ1n) is 9.29. The summed E-state index contributed by atoms with van der Waals surface area (Å²) in [6.45, 7) is 4.29. The minimum absolute atomic E-state index is 0. The number of aliphatic hydroxyl groups is 1. The van der Waals surface area contributed by atoms with Crippen LogP contribution in [0.25, 0.3) is 0 Å². The van der Waals surface area contributed by atoms with E-state index in [1.165, 1.54) is 0 Å². The Morgan fingerprint density at radius 3 is 2.21 bits per heavy atom. The van der Waals surface area contributed by atoms with E-state index in [0.29, 0.717) is 37.6 Å². The van der Waals surface area contributed by atoms with Crippen LogP contribution in [0.15, 0.2) is 65.7 Å². The fourth-order valence-electron chi connectivity index (χ4n) is 2.53. The van der Waals surface area contributed by atoms with Crippen molar-refractivity contribution in [3.8, 4) is 0 Å². The molecule has 1 amide bonds. The molecule has 2 aromatic rings. The third kappa shape index (κ3) is 8.71. The molecule has 0 fully saturated rings. The van der Waals surface area contributed by atoms with Gasteiger partial charge in [0.2, 0.25) is 0 Å². The number of hydrogen-bond acceptors (Lipinski definition) is 3. The third-order valence-electron chi connectivity index (χ3n) is 3.94. The van der Waals surface area contributed by atoms with E-state index in [9.17, 15) is 9.90 Å². The summed E-state index contributed by atoms with van der Waals surface area (Å²) < 4.78 is 0. The highest BCUT2D eigenvalue weighted by Gasteiger charge is 2.07. The summed E-state index contributed by atoms with van der Waals surface area (Å²) in [6.07, 6.45) is 0.0219. The predicted octanol–water partition coefficient (Wildman–Crippen LogP) is 2.71. The van der Waals surface area contributed by atoms with Gasteiger partial charge in [-0.05, 0) is 31.0 Å². The molecule has 0 aliphatic rings. The van der Waals surface area contributed by atoms with Gasteiger partial charge in [-0.1, -0.05) is 48.5 Å². The maximum absolute atomic E-state index is 12.0. The number of carbonyl (C=O) groups excluding carboxylic acids is 1. The number of aliphatic hydroxyl groups excluding tert-OH is 1. The number of halogens is 1. The molecule has 6 nitrogen and oxygen atoms in total. The first-order valence-corrected chi connectivity index (χ1v) is 9.29. The van der Waals surface area contributed by atoms with Gasteiger partial charge in [0.15, 0.2) is 5.96 Å². The van der Waals surface area contributed by atoms with E-state index in [0.717, 1.165) is 12.1 Å². The van der Waals surface area contributed by atoms with Crippen LogP contribution in [0.4, 0.5) is 0 Å². The Morgan fingerprint density at radius 2 is 1.57 bits per heavy atom. The quantitative estimate of drug-likeness (QED) is 0.186. The molecule has 0 saturated heterocycles. The highest BCUT2D eigenvalue weighted by Crippen LogP contribution is 2.15. The topological polar surface area (TPSA) is 85.8 Å². The summed E-state index contributed by atoms with van der Waals surface area (Å²) in [6, 6.07) is 18.7. The monoisotopic (exact) mass is 496 g/mol. The van der Waals surface area contributed by atoms with E-state index in [2.05, 4.69) is 20.9 Å². The van der Waals surface area contributed by atoms with Crippen molar-refractivity contribution in [2.24, 2.45) is 4.99 Å². The van der Waals surface area contributed by atoms with Gasteiger partial charge in [-0.3, -0.25) is 9.79 Å². The van der Waals surface area contributed by atoms with Gasteiger partial charge >= 0.3 is 0 Å². The lowest BCUT2D eigenvalue weighted by atomic mass is 10.1. The smallest absolute Gasteiger partial charge is 0.251 e. The average molecular weight is 496 g/mol. The summed E-state index contributed by atoms with van der Waals surface area (Å²) >= 11 is 0. The lowest BCUT2D eigenvalue weighted by Gasteiger charge is -2.13. The Morgan fingerprint density at radius 1 is 0.964 bits per heavy atom. The Hall–Kier alpha value is -2.13. The predicted molar refractivity (Wildman–Crippen MR) is 124 cm³/mol. The Balaban J connectivity index is 0.00000392. The molecule has 152 valence electrons. The van der Waals surface area contributed by atoms with E-state index >= 15 is 0 Å². The maximum atomic E-state index is 12.0. The SMILES string of the molecule is CCNC(=NCCC(O)c1ccccc1)NCCNC(=O)c1ccccc1.I. The number of guanidine groups is 1. The van der Waals surface area contributed by atoms with E-state index in [1.54, 1.807) is 12.1 Å². The van der Waals surface area contributed by atoms with Crippen molar-refractivity contribution in [3.05, 3.63) is 71.8 Å². The molecule has 4 N–H and O–H groups in total. The van der Waals surface area contributed by atoms with Crippen molar-refractivity contribution in [1.82, 2.24) is 16.0 Å². The molecule has 1 unspecified atom stereocenters. The molecule has 7 heteroatoms. The first-order chi connectivity index (χ1) is 13.2. The van der Waals surface area contributed by atoms with Crippen LogP contribution < -0.4 is 16.0 Å². The number of carbonyl (C=O) groups is 1. The zero-order valence-corrected chi connectivity index (χ0v) is 18.4. The summed E-state index contributed by atoms with van der Waals surface area (Å²) in [5.41, 5.74) is 1.54. The molecular weight excluding hydrogens is 467 g/mol. The first kappa shape index (κ1) is 23.9. The summed E-state index contributed by atoms with van der Waals surface area (Å²) in [4.78, 5) is 16.5. The number of nitrogens with one attached hydrogen (secondary N) is 3. The number of nitrogens with zero attached hydrogens (tertiary/aromatic N) is 1. The van der Waals surface area contributed by atoms with Crippen molar-refractivity contribution < 1.29 is 9.90 Å². The fraction of sp³-hybridized carbons (Fsp3) is 0.333. The molecule has 0 aliphatic heterocycles. The lowest BCUT2D eigenvalue weighted by Crippen LogP contribution is -2.41. The van der Waals surface area contributed by atoms with Crippen LogP contribution in [0, 0.1) is 0 Å². The van der Waals surface area contributed by atoms with E-state index in [1.807, 2.05) is 55.5 Å². The van der Waals surface area contributed by atoms with Crippen LogP contribution in [0.1, 0.15) is 35.4 Å². The van der Waals surface area contributed by atoms with Crippen molar-refractivity contribution in [2.75, 3.05) is 26.2 Å². The fourth-order valence-corrected chi connectivity index (χ4v) is 2.53. The molecule has 0 saturated carbocycles. The lowest BCUT2D eigenvalue weighted by molar-refractivity contribution is 0.0954. The van der Waals surface area contributed by atoms with E-state index < -0.39 is 6.10 Å². The standard InChI is InChI=1S/C21H28N4O2.HI/c1-2-22-21(24-14-13-19(26)17-9-5-3-6-10-17)25-16-15-23-20(27)18-11-7-4-8-12-18;/h3-12,19,26H,2,13-16H2,1H3,(H,23,27)(H2,22,24,25);1H. The van der Waals surface area contributed by atoms with Crippen molar-refractivity contribution in [2.45, 2.75) is 19.4 Å². The van der Waals surface area contributed by atoms with Crippen LogP contribution in [-0.4, -0.2) is 43.2 Å². The van der Waals surface area contributed by atoms with Gasteiger partial charge in [0.25, 0.3) is 5.91 Å². The molecule has 0 spiro atoms. The van der Waals surface area contributed by atoms with Crippen LogP contribution in [0.5, 0.6) is 0 Å². The second-order valence-corrected chi connectivity index (χ2v) is 6.02. The zero-order valence-electron chi connectivity index (χ0n) is 16.1. The molecular formula is C21H29IN4O2. The minimum atomic E-state index is -0.525. The van der Waals surface area contributed by atoms with Crippen LogP contribution in [0.3, 0.4) is 0 Å². The van der Waals surface area contributed by atoms with Gasteiger partial charge in [-0.2, -0.15) is 0 Å². The molecule has 0 heterocycles. The number of hydrogen-bond donors (Lipinski definition) is 4. The Bertz CT molecular complexity index is 711. The molecule has 2 aromatic carbocycles. The molecule has 0 radical (unpaired) electrons. The largest absolute Gasteiger partial charge is 0.388 e. The average Bonchev–Trinajstić information content (AvgIpc) is 2.72. The van der Waals surface area contributed by atoms with Gasteiger partial charge in [0, 0.05) is 31.7 Å². The van der Waals surface area contributed by atoms with Gasteiger partial charge < -0.3 is 21.1 Å². The summed E-state index contributed by atoms with van der Waals surface area (Å²) in [5, 5.41) is 19.4. The summed E-state index contributed by atoms with van der Waals surface area (Å²) in [7, 11) is 0. The normalized spacial score (nSPS) is 11.9. The van der Waals surface area contributed by atoms with Crippen molar-refractivity contribution in [3.63, 3.8) is 0 Å². The van der Waals surface area contributed by atoms with Gasteiger partial charge in [-0.15, -0.1) is 24.0 Å². The highest BCUT2D eigenvalue weighted by molar-refractivity contribution is 14.0. The van der Waals surface area contributed by atoms with Crippen LogP contribution in [0.2, 0.25) is 0 Å². The number of aliphatic imine (C=N–C) groups is 1. The molecule has 2 rings (SSSR count). The second-order valence-electron chi connectivity index (χ2n) is 6.02.